The van der Waals surface area contributed by atoms with Crippen molar-refractivity contribution in [2.24, 2.45) is 5.92 Å². The summed E-state index contributed by atoms with van der Waals surface area (Å²) < 4.78 is 4.45. The highest BCUT2D eigenvalue weighted by molar-refractivity contribution is 6.11. The van der Waals surface area contributed by atoms with Crippen molar-refractivity contribution < 1.29 is 4.79 Å². The summed E-state index contributed by atoms with van der Waals surface area (Å²) in [7, 11) is 0. The van der Waals surface area contributed by atoms with E-state index in [2.05, 4.69) is 125 Å². The second kappa shape index (κ2) is 10.9. The number of nitrogens with zero attached hydrogens (tertiary/aromatic N) is 3. The molecule has 0 amide bonds. The molecule has 4 nitrogen and oxygen atoms in total. The van der Waals surface area contributed by atoms with Gasteiger partial charge in [-0.15, -0.1) is 6.42 Å². The van der Waals surface area contributed by atoms with Gasteiger partial charge in [-0.3, -0.25) is 4.79 Å². The van der Waals surface area contributed by atoms with Gasteiger partial charge in [-0.25, -0.2) is 4.98 Å². The Labute approximate surface area is 252 Å². The number of Topliss-reactive ketones (excluding diaryl/α,β-unsaturated/α-hetero) is 1. The van der Waals surface area contributed by atoms with Crippen LogP contribution in [0, 0.1) is 25.2 Å². The Kier molecular flexibility index (Phi) is 6.80. The third-order valence-corrected chi connectivity index (χ3v) is 9.16. The molecule has 7 rings (SSSR count). The van der Waals surface area contributed by atoms with E-state index in [-0.39, 0.29) is 11.7 Å². The van der Waals surface area contributed by atoms with Crippen molar-refractivity contribution in [3.63, 3.8) is 0 Å². The van der Waals surface area contributed by atoms with Crippen molar-refractivity contribution in [2.45, 2.75) is 38.3 Å². The first kappa shape index (κ1) is 26.7. The van der Waals surface area contributed by atoms with Crippen LogP contribution in [0.4, 0.5) is 0 Å². The maximum Gasteiger partial charge on any atom is 0.168 e. The molecule has 0 fully saturated rings. The van der Waals surface area contributed by atoms with Gasteiger partial charge in [-0.2, -0.15) is 0 Å². The number of carbonyl (C=O) groups excluding carboxylic acids is 1. The molecule has 2 aromatic heterocycles. The second-order valence-corrected chi connectivity index (χ2v) is 11.4. The lowest BCUT2D eigenvalue weighted by molar-refractivity contribution is 0.0901. The lowest BCUT2D eigenvalue weighted by Crippen LogP contribution is -2.38. The Morgan fingerprint density at radius 3 is 1.98 bits per heavy atom. The number of fused-ring (bicyclic) bond motifs is 3. The maximum absolute atomic E-state index is 14.1. The predicted molar refractivity (Wildman–Crippen MR) is 172 cm³/mol. The quantitative estimate of drug-likeness (QED) is 0.149. The average Bonchev–Trinajstić information content (AvgIpc) is 3.58. The zero-order chi connectivity index (χ0) is 29.4. The molecule has 43 heavy (non-hydrogen) atoms. The minimum Gasteiger partial charge on any atom is -0.332 e. The van der Waals surface area contributed by atoms with Crippen molar-refractivity contribution in [1.29, 1.82) is 0 Å². The smallest absolute Gasteiger partial charge is 0.168 e. The van der Waals surface area contributed by atoms with Crippen LogP contribution >= 0.6 is 0 Å². The summed E-state index contributed by atoms with van der Waals surface area (Å²) in [6.07, 6.45) is 9.89. The van der Waals surface area contributed by atoms with E-state index < -0.39 is 5.54 Å². The van der Waals surface area contributed by atoms with Crippen LogP contribution in [0.2, 0.25) is 0 Å². The van der Waals surface area contributed by atoms with E-state index in [1.165, 1.54) is 0 Å². The van der Waals surface area contributed by atoms with E-state index in [0.717, 1.165) is 63.1 Å². The Bertz CT molecular complexity index is 1860. The van der Waals surface area contributed by atoms with Crippen LogP contribution in [0.3, 0.4) is 0 Å². The van der Waals surface area contributed by atoms with Gasteiger partial charge in [-0.05, 0) is 42.5 Å². The van der Waals surface area contributed by atoms with Gasteiger partial charge < -0.3 is 9.13 Å². The third kappa shape index (κ3) is 4.23. The highest BCUT2D eigenvalue weighted by Gasteiger charge is 2.40. The molecule has 2 heterocycles. The van der Waals surface area contributed by atoms with Gasteiger partial charge in [-0.1, -0.05) is 115 Å². The average molecular weight is 560 g/mol. The SMILES string of the molecule is C#CCn1c2c(c3ccccc31)C(=O)C(Cc1ncn(C(c3ccccc3)(c3ccccc3)c3ccccc3)c1C)CC2. The predicted octanol–water partition coefficient (Wildman–Crippen LogP) is 7.61. The van der Waals surface area contributed by atoms with Gasteiger partial charge >= 0.3 is 0 Å². The van der Waals surface area contributed by atoms with Gasteiger partial charge in [0.15, 0.2) is 5.78 Å². The number of hydrogen-bond donors (Lipinski definition) is 0. The topological polar surface area (TPSA) is 39.8 Å². The number of imidazole rings is 1. The summed E-state index contributed by atoms with van der Waals surface area (Å²) in [4.78, 5) is 19.2. The number of aromatic nitrogens is 3. The molecular formula is C39H33N3O. The summed E-state index contributed by atoms with van der Waals surface area (Å²) in [6.45, 7) is 2.61. The van der Waals surface area contributed by atoms with Crippen molar-refractivity contribution >= 4 is 16.7 Å². The molecule has 4 aromatic carbocycles. The lowest BCUT2D eigenvalue weighted by atomic mass is 9.76. The van der Waals surface area contributed by atoms with E-state index in [9.17, 15) is 4.79 Å². The largest absolute Gasteiger partial charge is 0.332 e. The zero-order valence-corrected chi connectivity index (χ0v) is 24.3. The molecule has 1 unspecified atom stereocenters. The Hall–Kier alpha value is -5.14. The van der Waals surface area contributed by atoms with Crippen LogP contribution in [0.15, 0.2) is 122 Å². The molecule has 0 bridgehead atoms. The highest BCUT2D eigenvalue weighted by Crippen LogP contribution is 2.42. The molecule has 1 aliphatic carbocycles. The highest BCUT2D eigenvalue weighted by atomic mass is 16.1. The normalized spacial score (nSPS) is 14.9. The van der Waals surface area contributed by atoms with Crippen molar-refractivity contribution in [3.8, 4) is 12.3 Å². The van der Waals surface area contributed by atoms with Crippen LogP contribution < -0.4 is 0 Å². The van der Waals surface area contributed by atoms with E-state index >= 15 is 0 Å². The van der Waals surface area contributed by atoms with Crippen LogP contribution in [0.1, 0.15) is 50.6 Å². The molecule has 210 valence electrons. The molecule has 6 aromatic rings. The Balaban J connectivity index is 1.34. The van der Waals surface area contributed by atoms with Crippen LogP contribution in [0.5, 0.6) is 0 Å². The van der Waals surface area contributed by atoms with Crippen LogP contribution in [-0.4, -0.2) is 19.9 Å². The number of carbonyl (C=O) groups is 1. The standard InChI is InChI=1S/C39H33N3O/c1-3-25-41-35-22-14-13-21-33(35)37-36(41)24-23-29(38(37)43)26-34-28(2)42(27-40-34)39(30-15-7-4-8-16-30,31-17-9-5-10-18-31)32-19-11-6-12-20-32/h1,4-22,27,29H,23-26H2,2H3. The lowest BCUT2D eigenvalue weighted by Gasteiger charge is -2.38. The maximum atomic E-state index is 14.1. The van der Waals surface area contributed by atoms with E-state index in [1.807, 2.05) is 18.5 Å². The summed E-state index contributed by atoms with van der Waals surface area (Å²) in [6, 6.07) is 40.0. The summed E-state index contributed by atoms with van der Waals surface area (Å²) in [5, 5.41) is 1.00. The molecule has 0 aliphatic heterocycles. The molecule has 0 saturated heterocycles. The number of benzene rings is 4. The fourth-order valence-corrected chi connectivity index (χ4v) is 7.18. The third-order valence-electron chi connectivity index (χ3n) is 9.16. The molecule has 0 radical (unpaired) electrons. The molecule has 4 heteroatoms. The Morgan fingerprint density at radius 2 is 1.40 bits per heavy atom. The van der Waals surface area contributed by atoms with E-state index in [1.54, 1.807) is 0 Å². The number of rotatable bonds is 7. The van der Waals surface area contributed by atoms with E-state index in [0.29, 0.717) is 13.0 Å². The minimum absolute atomic E-state index is 0.140. The summed E-state index contributed by atoms with van der Waals surface area (Å²) in [5.41, 5.74) is 7.79. The molecule has 1 aliphatic rings. The first-order valence-electron chi connectivity index (χ1n) is 14.9. The fourth-order valence-electron chi connectivity index (χ4n) is 7.18. The van der Waals surface area contributed by atoms with Gasteiger partial charge in [0, 0.05) is 40.2 Å². The van der Waals surface area contributed by atoms with Gasteiger partial charge in [0.25, 0.3) is 0 Å². The van der Waals surface area contributed by atoms with Gasteiger partial charge in [0.2, 0.25) is 0 Å². The molecule has 0 N–H and O–H groups in total. The number of para-hydroxylation sites is 1. The molecular weight excluding hydrogens is 526 g/mol. The Morgan fingerprint density at radius 1 is 0.837 bits per heavy atom. The van der Waals surface area contributed by atoms with Crippen LogP contribution in [0.25, 0.3) is 10.9 Å². The zero-order valence-electron chi connectivity index (χ0n) is 24.3. The summed E-state index contributed by atoms with van der Waals surface area (Å²) >= 11 is 0. The first-order chi connectivity index (χ1) is 21.1. The molecule has 0 spiro atoms. The first-order valence-corrected chi connectivity index (χ1v) is 14.9. The molecule has 1 atom stereocenters. The van der Waals surface area contributed by atoms with Gasteiger partial charge in [0.05, 0.1) is 18.6 Å². The van der Waals surface area contributed by atoms with Crippen molar-refractivity contribution in [2.75, 3.05) is 0 Å². The van der Waals surface area contributed by atoms with Crippen molar-refractivity contribution in [1.82, 2.24) is 14.1 Å². The minimum atomic E-state index is -0.633. The summed E-state index contributed by atoms with van der Waals surface area (Å²) in [5.74, 6) is 2.84. The monoisotopic (exact) mass is 559 g/mol. The van der Waals surface area contributed by atoms with E-state index in [4.69, 9.17) is 11.4 Å². The number of hydrogen-bond acceptors (Lipinski definition) is 2. The van der Waals surface area contributed by atoms with Crippen molar-refractivity contribution in [3.05, 3.63) is 161 Å². The second-order valence-electron chi connectivity index (χ2n) is 11.4. The number of ketones is 1. The van der Waals surface area contributed by atoms with Crippen LogP contribution in [-0.2, 0) is 24.9 Å². The van der Waals surface area contributed by atoms with Gasteiger partial charge in [0.1, 0.15) is 5.54 Å². The number of terminal acetylenes is 1. The fraction of sp³-hybridized carbons (Fsp3) is 0.179. The molecule has 0 saturated carbocycles.